The monoisotopic (exact) mass is 199 g/mol. The van der Waals surface area contributed by atoms with E-state index < -0.39 is 0 Å². The van der Waals surface area contributed by atoms with Crippen molar-refractivity contribution >= 4 is 0 Å². The molecule has 2 nitrogen and oxygen atoms in total. The molecule has 0 bridgehead atoms. The normalized spacial score (nSPS) is 21.4. The van der Waals surface area contributed by atoms with Crippen LogP contribution in [-0.4, -0.2) is 25.8 Å². The van der Waals surface area contributed by atoms with E-state index in [2.05, 4.69) is 26.1 Å². The van der Waals surface area contributed by atoms with Crippen LogP contribution in [0.4, 0.5) is 0 Å². The summed E-state index contributed by atoms with van der Waals surface area (Å²) in [5.41, 5.74) is 0.285. The highest BCUT2D eigenvalue weighted by atomic mass is 16.5. The van der Waals surface area contributed by atoms with Gasteiger partial charge in [0.15, 0.2) is 0 Å². The zero-order chi connectivity index (χ0) is 10.6. The zero-order valence-corrected chi connectivity index (χ0v) is 10.1. The molecule has 1 saturated carbocycles. The van der Waals surface area contributed by atoms with Crippen LogP contribution in [0, 0.1) is 5.41 Å². The lowest BCUT2D eigenvalue weighted by Crippen LogP contribution is -2.42. The molecule has 2 heteroatoms. The minimum atomic E-state index is 0.285. The molecule has 1 N–H and O–H groups in total. The Kier molecular flexibility index (Phi) is 4.39. The summed E-state index contributed by atoms with van der Waals surface area (Å²) in [6.45, 7) is 7.62. The molecule has 0 aromatic carbocycles. The molecule has 84 valence electrons. The maximum atomic E-state index is 5.92. The average Bonchev–Trinajstić information content (AvgIpc) is 2.55. The molecule has 1 unspecified atom stereocenters. The fourth-order valence-corrected chi connectivity index (χ4v) is 2.05. The fourth-order valence-electron chi connectivity index (χ4n) is 2.05. The van der Waals surface area contributed by atoms with E-state index in [4.69, 9.17) is 4.74 Å². The van der Waals surface area contributed by atoms with Crippen molar-refractivity contribution in [1.29, 1.82) is 0 Å². The predicted molar refractivity (Wildman–Crippen MR) is 60.5 cm³/mol. The second kappa shape index (κ2) is 5.13. The van der Waals surface area contributed by atoms with Gasteiger partial charge in [-0.1, -0.05) is 33.6 Å². The number of ether oxygens (including phenoxy) is 1. The van der Waals surface area contributed by atoms with E-state index in [-0.39, 0.29) is 5.41 Å². The maximum absolute atomic E-state index is 5.92. The summed E-state index contributed by atoms with van der Waals surface area (Å²) in [4.78, 5) is 0. The lowest BCUT2D eigenvalue weighted by Gasteiger charge is -2.31. The number of hydrogen-bond acceptors (Lipinski definition) is 2. The van der Waals surface area contributed by atoms with Crippen molar-refractivity contribution in [3.8, 4) is 0 Å². The van der Waals surface area contributed by atoms with Crippen molar-refractivity contribution in [2.24, 2.45) is 5.41 Å². The lowest BCUT2D eigenvalue weighted by molar-refractivity contribution is 0.0227. The molecule has 0 aliphatic heterocycles. The molecule has 0 aromatic heterocycles. The van der Waals surface area contributed by atoms with Crippen LogP contribution in [0.2, 0.25) is 0 Å². The van der Waals surface area contributed by atoms with Gasteiger partial charge in [-0.3, -0.25) is 0 Å². The summed E-state index contributed by atoms with van der Waals surface area (Å²) in [6, 6.07) is 0.461. The lowest BCUT2D eigenvalue weighted by atomic mass is 9.87. The fraction of sp³-hybridized carbons (Fsp3) is 1.00. The van der Waals surface area contributed by atoms with E-state index >= 15 is 0 Å². The van der Waals surface area contributed by atoms with Crippen LogP contribution >= 0.6 is 0 Å². The van der Waals surface area contributed by atoms with Gasteiger partial charge in [0.2, 0.25) is 0 Å². The highest BCUT2D eigenvalue weighted by molar-refractivity contribution is 4.79. The van der Waals surface area contributed by atoms with Crippen LogP contribution in [0.15, 0.2) is 0 Å². The van der Waals surface area contributed by atoms with Gasteiger partial charge in [0.05, 0.1) is 12.7 Å². The van der Waals surface area contributed by atoms with E-state index in [1.165, 1.54) is 25.7 Å². The Bertz CT molecular complexity index is 156. The third-order valence-corrected chi connectivity index (χ3v) is 3.19. The van der Waals surface area contributed by atoms with Gasteiger partial charge in [-0.25, -0.2) is 0 Å². The highest BCUT2D eigenvalue weighted by Crippen LogP contribution is 2.24. The predicted octanol–water partition coefficient (Wildman–Crippen LogP) is 2.58. The minimum Gasteiger partial charge on any atom is -0.377 e. The molecule has 1 aliphatic carbocycles. The summed E-state index contributed by atoms with van der Waals surface area (Å²) >= 11 is 0. The van der Waals surface area contributed by atoms with Crippen molar-refractivity contribution in [2.75, 3.05) is 13.7 Å². The SMILES string of the molecule is CNC(COC1CCCC1)C(C)(C)C. The van der Waals surface area contributed by atoms with E-state index in [1.54, 1.807) is 0 Å². The van der Waals surface area contributed by atoms with Crippen LogP contribution in [0.5, 0.6) is 0 Å². The Morgan fingerprint density at radius 1 is 1.29 bits per heavy atom. The minimum absolute atomic E-state index is 0.285. The third-order valence-electron chi connectivity index (χ3n) is 3.19. The zero-order valence-electron chi connectivity index (χ0n) is 10.1. The summed E-state index contributed by atoms with van der Waals surface area (Å²) < 4.78 is 5.92. The quantitative estimate of drug-likeness (QED) is 0.751. The molecule has 0 heterocycles. The molecular weight excluding hydrogens is 174 g/mol. The third kappa shape index (κ3) is 3.58. The van der Waals surface area contributed by atoms with Gasteiger partial charge in [0.25, 0.3) is 0 Å². The van der Waals surface area contributed by atoms with Gasteiger partial charge in [0.1, 0.15) is 0 Å². The van der Waals surface area contributed by atoms with Crippen molar-refractivity contribution < 1.29 is 4.74 Å². The summed E-state index contributed by atoms with van der Waals surface area (Å²) in [7, 11) is 2.02. The number of hydrogen-bond donors (Lipinski definition) is 1. The van der Waals surface area contributed by atoms with Crippen molar-refractivity contribution in [2.45, 2.75) is 58.6 Å². The van der Waals surface area contributed by atoms with Gasteiger partial charge in [-0.15, -0.1) is 0 Å². The summed E-state index contributed by atoms with van der Waals surface area (Å²) in [6.07, 6.45) is 5.77. The Morgan fingerprint density at radius 2 is 1.86 bits per heavy atom. The first-order valence-corrected chi connectivity index (χ1v) is 5.83. The molecule has 0 aromatic rings. The van der Waals surface area contributed by atoms with Gasteiger partial charge in [-0.2, -0.15) is 0 Å². The van der Waals surface area contributed by atoms with Gasteiger partial charge >= 0.3 is 0 Å². The van der Waals surface area contributed by atoms with E-state index in [0.29, 0.717) is 12.1 Å². The molecule has 0 saturated heterocycles. The summed E-state index contributed by atoms with van der Waals surface area (Å²) in [5.74, 6) is 0. The Balaban J connectivity index is 2.26. The van der Waals surface area contributed by atoms with E-state index in [0.717, 1.165) is 6.61 Å². The van der Waals surface area contributed by atoms with E-state index in [9.17, 15) is 0 Å². The largest absolute Gasteiger partial charge is 0.377 e. The Labute approximate surface area is 88.4 Å². The second-order valence-corrected chi connectivity index (χ2v) is 5.45. The summed E-state index contributed by atoms with van der Waals surface area (Å²) in [5, 5.41) is 3.34. The van der Waals surface area contributed by atoms with Gasteiger partial charge < -0.3 is 10.1 Å². The van der Waals surface area contributed by atoms with Gasteiger partial charge in [0, 0.05) is 6.04 Å². The smallest absolute Gasteiger partial charge is 0.0628 e. The van der Waals surface area contributed by atoms with Crippen molar-refractivity contribution in [3.63, 3.8) is 0 Å². The molecule has 14 heavy (non-hydrogen) atoms. The average molecular weight is 199 g/mol. The van der Waals surface area contributed by atoms with Gasteiger partial charge in [-0.05, 0) is 25.3 Å². The molecule has 1 atom stereocenters. The standard InChI is InChI=1S/C12H25NO/c1-12(2,3)11(13-4)9-14-10-7-5-6-8-10/h10-11,13H,5-9H2,1-4H3. The van der Waals surface area contributed by atoms with Crippen molar-refractivity contribution in [1.82, 2.24) is 5.32 Å². The molecule has 0 amide bonds. The first kappa shape index (κ1) is 12.0. The first-order chi connectivity index (χ1) is 6.54. The van der Waals surface area contributed by atoms with E-state index in [1.807, 2.05) is 7.05 Å². The molecular formula is C12H25NO. The van der Waals surface area contributed by atoms with Crippen LogP contribution < -0.4 is 5.32 Å². The number of nitrogens with one attached hydrogen (secondary N) is 1. The number of rotatable bonds is 4. The number of likely N-dealkylation sites (N-methyl/N-ethyl adjacent to an activating group) is 1. The van der Waals surface area contributed by atoms with Crippen LogP contribution in [0.1, 0.15) is 46.5 Å². The molecule has 1 fully saturated rings. The Hall–Kier alpha value is -0.0800. The second-order valence-electron chi connectivity index (χ2n) is 5.45. The molecule has 0 radical (unpaired) electrons. The topological polar surface area (TPSA) is 21.3 Å². The molecule has 0 spiro atoms. The maximum Gasteiger partial charge on any atom is 0.0628 e. The molecule has 1 rings (SSSR count). The van der Waals surface area contributed by atoms with Crippen LogP contribution in [0.25, 0.3) is 0 Å². The Morgan fingerprint density at radius 3 is 2.29 bits per heavy atom. The van der Waals surface area contributed by atoms with Crippen LogP contribution in [0.3, 0.4) is 0 Å². The van der Waals surface area contributed by atoms with Crippen LogP contribution in [-0.2, 0) is 4.74 Å². The van der Waals surface area contributed by atoms with Crippen molar-refractivity contribution in [3.05, 3.63) is 0 Å². The highest BCUT2D eigenvalue weighted by Gasteiger charge is 2.25. The first-order valence-electron chi connectivity index (χ1n) is 5.83. The molecule has 1 aliphatic rings.